The third-order valence-corrected chi connectivity index (χ3v) is 3.75. The summed E-state index contributed by atoms with van der Waals surface area (Å²) in [5.41, 5.74) is 2.15. The second kappa shape index (κ2) is 6.32. The Morgan fingerprint density at radius 2 is 2.14 bits per heavy atom. The zero-order valence-corrected chi connectivity index (χ0v) is 13.6. The molecule has 0 bridgehead atoms. The van der Waals surface area contributed by atoms with Crippen LogP contribution in [0.4, 0.5) is 0 Å². The van der Waals surface area contributed by atoms with Crippen LogP contribution < -0.4 is 0 Å². The molecule has 0 aliphatic rings. The van der Waals surface area contributed by atoms with E-state index >= 15 is 0 Å². The molecule has 0 amide bonds. The maximum Gasteiger partial charge on any atom is 0.339 e. The lowest BCUT2D eigenvalue weighted by Crippen LogP contribution is -2.08. The van der Waals surface area contributed by atoms with Gasteiger partial charge in [0.2, 0.25) is 0 Å². The molecule has 2 heterocycles. The van der Waals surface area contributed by atoms with Crippen LogP contribution in [0.2, 0.25) is 0 Å². The van der Waals surface area contributed by atoms with Gasteiger partial charge in [-0.25, -0.2) is 4.79 Å². The molecule has 0 fully saturated rings. The number of hydrogen-bond donors (Lipinski definition) is 0. The molecule has 0 aliphatic heterocycles. The van der Waals surface area contributed by atoms with Crippen LogP contribution in [0, 0.1) is 6.92 Å². The number of pyridine rings is 1. The molecule has 22 heavy (non-hydrogen) atoms. The largest absolute Gasteiger partial charge is 0.462 e. The molecule has 4 nitrogen and oxygen atoms in total. The summed E-state index contributed by atoms with van der Waals surface area (Å²) in [7, 11) is 0. The molecule has 0 aliphatic carbocycles. The van der Waals surface area contributed by atoms with Crippen molar-refractivity contribution in [2.24, 2.45) is 0 Å². The Morgan fingerprint density at radius 3 is 2.91 bits per heavy atom. The summed E-state index contributed by atoms with van der Waals surface area (Å²) in [6.07, 6.45) is 2.06. The summed E-state index contributed by atoms with van der Waals surface area (Å²) < 4.78 is 12.0. The maximum absolute atomic E-state index is 11.9. The minimum absolute atomic E-state index is 0.272. The van der Waals surface area contributed by atoms with Crippen LogP contribution in [-0.4, -0.2) is 17.6 Å². The van der Waals surface area contributed by atoms with Crippen LogP contribution in [0.1, 0.15) is 21.8 Å². The number of fused-ring (bicyclic) bond motifs is 1. The highest BCUT2D eigenvalue weighted by Crippen LogP contribution is 2.23. The van der Waals surface area contributed by atoms with E-state index in [9.17, 15) is 4.79 Å². The number of ether oxygens (including phenoxy) is 1. The number of halogens is 1. The van der Waals surface area contributed by atoms with E-state index in [1.54, 1.807) is 12.1 Å². The number of carbonyl (C=O) groups excluding carboxylic acids is 1. The first-order valence-corrected chi connectivity index (χ1v) is 7.69. The van der Waals surface area contributed by atoms with Gasteiger partial charge in [-0.2, -0.15) is 0 Å². The third kappa shape index (κ3) is 3.36. The van der Waals surface area contributed by atoms with Gasteiger partial charge in [-0.1, -0.05) is 15.9 Å². The fraction of sp³-hybridized carbons (Fsp3) is 0.176. The average Bonchev–Trinajstić information content (AvgIpc) is 2.89. The van der Waals surface area contributed by atoms with Gasteiger partial charge in [0.05, 0.1) is 12.2 Å². The first-order chi connectivity index (χ1) is 10.6. The molecule has 0 saturated heterocycles. The van der Waals surface area contributed by atoms with E-state index in [0.29, 0.717) is 12.0 Å². The number of esters is 1. The second-order valence-corrected chi connectivity index (χ2v) is 5.88. The van der Waals surface area contributed by atoms with Gasteiger partial charge in [-0.05, 0) is 43.3 Å². The van der Waals surface area contributed by atoms with E-state index in [0.717, 1.165) is 26.9 Å². The van der Waals surface area contributed by atoms with Crippen molar-refractivity contribution in [3.63, 3.8) is 0 Å². The van der Waals surface area contributed by atoms with Gasteiger partial charge in [0, 0.05) is 28.2 Å². The summed E-state index contributed by atoms with van der Waals surface area (Å²) in [5.74, 6) is 0.425. The van der Waals surface area contributed by atoms with Crippen molar-refractivity contribution >= 4 is 32.9 Å². The van der Waals surface area contributed by atoms with Crippen molar-refractivity contribution in [1.82, 2.24) is 4.98 Å². The Labute approximate surface area is 136 Å². The molecule has 5 heteroatoms. The number of furan rings is 1. The highest BCUT2D eigenvalue weighted by Gasteiger charge is 2.09. The smallest absolute Gasteiger partial charge is 0.339 e. The molecular formula is C17H14BrNO3. The highest BCUT2D eigenvalue weighted by atomic mass is 79.9. The second-order valence-electron chi connectivity index (χ2n) is 4.97. The van der Waals surface area contributed by atoms with Crippen molar-refractivity contribution in [2.75, 3.05) is 6.61 Å². The first kappa shape index (κ1) is 14.8. The average molecular weight is 360 g/mol. The zero-order chi connectivity index (χ0) is 15.5. The van der Waals surface area contributed by atoms with Crippen molar-refractivity contribution in [3.8, 4) is 0 Å². The van der Waals surface area contributed by atoms with Gasteiger partial charge in [-0.3, -0.25) is 4.98 Å². The van der Waals surface area contributed by atoms with Crippen molar-refractivity contribution in [1.29, 1.82) is 0 Å². The normalized spacial score (nSPS) is 10.8. The number of rotatable bonds is 4. The molecule has 0 radical (unpaired) electrons. The van der Waals surface area contributed by atoms with Crippen LogP contribution in [-0.2, 0) is 11.2 Å². The number of benzene rings is 1. The topological polar surface area (TPSA) is 52.3 Å². The van der Waals surface area contributed by atoms with E-state index in [2.05, 4.69) is 20.9 Å². The van der Waals surface area contributed by atoms with Crippen molar-refractivity contribution in [3.05, 3.63) is 64.1 Å². The molecule has 0 spiro atoms. The standard InChI is InChI=1S/C17H14BrNO3/c1-11-2-3-12(10-19-11)17(20)21-7-6-15-9-13-8-14(18)4-5-16(13)22-15/h2-5,8-10H,6-7H2,1H3. The van der Waals surface area contributed by atoms with Gasteiger partial charge in [-0.15, -0.1) is 0 Å². The van der Waals surface area contributed by atoms with Gasteiger partial charge in [0.1, 0.15) is 11.3 Å². The summed E-state index contributed by atoms with van der Waals surface area (Å²) in [5, 5.41) is 1.03. The summed E-state index contributed by atoms with van der Waals surface area (Å²) >= 11 is 3.43. The quantitative estimate of drug-likeness (QED) is 0.651. The number of hydrogen-bond acceptors (Lipinski definition) is 4. The zero-order valence-electron chi connectivity index (χ0n) is 12.0. The number of aromatic nitrogens is 1. The highest BCUT2D eigenvalue weighted by molar-refractivity contribution is 9.10. The Hall–Kier alpha value is -2.14. The monoisotopic (exact) mass is 359 g/mol. The molecular weight excluding hydrogens is 346 g/mol. The molecule has 2 aromatic heterocycles. The molecule has 0 atom stereocenters. The number of nitrogens with zero attached hydrogens (tertiary/aromatic N) is 1. The Balaban J connectivity index is 1.59. The van der Waals surface area contributed by atoms with E-state index < -0.39 is 0 Å². The number of aryl methyl sites for hydroxylation is 1. The Kier molecular flexibility index (Phi) is 4.24. The lowest BCUT2D eigenvalue weighted by Gasteiger charge is -2.03. The SMILES string of the molecule is Cc1ccc(C(=O)OCCc2cc3cc(Br)ccc3o2)cn1. The van der Waals surface area contributed by atoms with Gasteiger partial charge in [0.15, 0.2) is 0 Å². The van der Waals surface area contributed by atoms with E-state index in [1.807, 2.05) is 31.2 Å². The molecule has 0 saturated carbocycles. The van der Waals surface area contributed by atoms with Gasteiger partial charge in [0.25, 0.3) is 0 Å². The molecule has 0 unspecified atom stereocenters. The van der Waals surface area contributed by atoms with Crippen LogP contribution in [0.15, 0.2) is 51.5 Å². The summed E-state index contributed by atoms with van der Waals surface area (Å²) in [6.45, 7) is 2.14. The van der Waals surface area contributed by atoms with Crippen molar-refractivity contribution in [2.45, 2.75) is 13.3 Å². The minimum Gasteiger partial charge on any atom is -0.462 e. The number of carbonyl (C=O) groups is 1. The molecule has 0 N–H and O–H groups in total. The molecule has 3 aromatic rings. The fourth-order valence-electron chi connectivity index (χ4n) is 2.11. The van der Waals surface area contributed by atoms with Gasteiger partial charge < -0.3 is 9.15 Å². The molecule has 1 aromatic carbocycles. The van der Waals surface area contributed by atoms with Gasteiger partial charge >= 0.3 is 5.97 Å². The van der Waals surface area contributed by atoms with Crippen LogP contribution >= 0.6 is 15.9 Å². The van der Waals surface area contributed by atoms with Crippen molar-refractivity contribution < 1.29 is 13.9 Å². The molecule has 3 rings (SSSR count). The van der Waals surface area contributed by atoms with Crippen LogP contribution in [0.25, 0.3) is 11.0 Å². The minimum atomic E-state index is -0.369. The van der Waals surface area contributed by atoms with Crippen LogP contribution in [0.5, 0.6) is 0 Å². The third-order valence-electron chi connectivity index (χ3n) is 3.26. The Morgan fingerprint density at radius 1 is 1.27 bits per heavy atom. The van der Waals surface area contributed by atoms with Crippen LogP contribution in [0.3, 0.4) is 0 Å². The maximum atomic E-state index is 11.9. The fourth-order valence-corrected chi connectivity index (χ4v) is 2.49. The van der Waals surface area contributed by atoms with E-state index in [1.165, 1.54) is 6.20 Å². The van der Waals surface area contributed by atoms with E-state index in [4.69, 9.17) is 9.15 Å². The Bertz CT molecular complexity index is 808. The predicted octanol–water partition coefficient (Wildman–Crippen LogP) is 4.30. The van der Waals surface area contributed by atoms with E-state index in [-0.39, 0.29) is 12.6 Å². The lowest BCUT2D eigenvalue weighted by atomic mass is 10.2. The predicted molar refractivity (Wildman–Crippen MR) is 86.9 cm³/mol. The first-order valence-electron chi connectivity index (χ1n) is 6.89. The summed E-state index contributed by atoms with van der Waals surface area (Å²) in [4.78, 5) is 15.9. The summed E-state index contributed by atoms with van der Waals surface area (Å²) in [6, 6.07) is 11.3. The lowest BCUT2D eigenvalue weighted by molar-refractivity contribution is 0.0504. The molecule has 112 valence electrons.